The minimum atomic E-state index is -0.104. The predicted octanol–water partition coefficient (Wildman–Crippen LogP) is 7.08. The summed E-state index contributed by atoms with van der Waals surface area (Å²) in [6.07, 6.45) is 5.95. The molecule has 5 nitrogen and oxygen atoms in total. The number of ether oxygens (including phenoxy) is 1. The van der Waals surface area contributed by atoms with Gasteiger partial charge in [-0.3, -0.25) is 4.79 Å². The van der Waals surface area contributed by atoms with Gasteiger partial charge in [-0.2, -0.15) is 5.26 Å². The van der Waals surface area contributed by atoms with Gasteiger partial charge in [0.05, 0.1) is 17.2 Å². The highest BCUT2D eigenvalue weighted by Crippen LogP contribution is 2.40. The highest BCUT2D eigenvalue weighted by Gasteiger charge is 2.25. The average Bonchev–Trinajstić information content (AvgIpc) is 3.30. The van der Waals surface area contributed by atoms with E-state index in [1.165, 1.54) is 4.88 Å². The first-order chi connectivity index (χ1) is 17.7. The molecule has 36 heavy (non-hydrogen) atoms. The number of carbonyl (C=O) groups is 1. The number of thiophene rings is 1. The molecule has 1 aromatic heterocycles. The van der Waals surface area contributed by atoms with Gasteiger partial charge in [0.15, 0.2) is 0 Å². The molecule has 0 unspecified atom stereocenters. The molecular formula is C30H25N3O2S. The van der Waals surface area contributed by atoms with Crippen molar-refractivity contribution in [3.63, 3.8) is 0 Å². The van der Waals surface area contributed by atoms with Gasteiger partial charge in [-0.15, -0.1) is 11.3 Å². The van der Waals surface area contributed by atoms with Gasteiger partial charge < -0.3 is 10.1 Å². The van der Waals surface area contributed by atoms with Crippen LogP contribution >= 0.6 is 11.3 Å². The summed E-state index contributed by atoms with van der Waals surface area (Å²) in [5.41, 5.74) is 5.14. The number of rotatable bonds is 7. The third-order valence-electron chi connectivity index (χ3n) is 6.09. The highest BCUT2D eigenvalue weighted by atomic mass is 32.1. The van der Waals surface area contributed by atoms with E-state index in [2.05, 4.69) is 11.4 Å². The van der Waals surface area contributed by atoms with E-state index in [0.717, 1.165) is 58.8 Å². The van der Waals surface area contributed by atoms with Crippen LogP contribution in [-0.4, -0.2) is 12.1 Å². The maximum atomic E-state index is 13.3. The molecule has 1 amide bonds. The van der Waals surface area contributed by atoms with Crippen LogP contribution in [0.3, 0.4) is 0 Å². The summed E-state index contributed by atoms with van der Waals surface area (Å²) in [5.74, 6) is 0.628. The van der Waals surface area contributed by atoms with Gasteiger partial charge in [0, 0.05) is 16.8 Å². The molecule has 3 aromatic carbocycles. The summed E-state index contributed by atoms with van der Waals surface area (Å²) in [7, 11) is 0. The summed E-state index contributed by atoms with van der Waals surface area (Å²) >= 11 is 1.62. The Bertz CT molecular complexity index is 1430. The second-order valence-electron chi connectivity index (χ2n) is 8.64. The molecule has 1 heterocycles. The molecule has 1 aliphatic rings. The maximum Gasteiger partial charge on any atom is 0.259 e. The van der Waals surface area contributed by atoms with Crippen molar-refractivity contribution in [3.05, 3.63) is 112 Å². The average molecular weight is 492 g/mol. The van der Waals surface area contributed by atoms with Gasteiger partial charge in [-0.25, -0.2) is 4.99 Å². The number of para-hydroxylation sites is 1. The molecule has 1 aliphatic carbocycles. The Kier molecular flexibility index (Phi) is 7.20. The Morgan fingerprint density at radius 2 is 1.83 bits per heavy atom. The van der Waals surface area contributed by atoms with Gasteiger partial charge in [-0.1, -0.05) is 42.5 Å². The maximum absolute atomic E-state index is 13.3. The van der Waals surface area contributed by atoms with Gasteiger partial charge in [0.1, 0.15) is 17.4 Å². The van der Waals surface area contributed by atoms with Crippen LogP contribution in [0.1, 0.15) is 50.3 Å². The van der Waals surface area contributed by atoms with Crippen molar-refractivity contribution < 1.29 is 9.53 Å². The Labute approximate surface area is 214 Å². The Morgan fingerprint density at radius 3 is 2.64 bits per heavy atom. The summed E-state index contributed by atoms with van der Waals surface area (Å²) in [4.78, 5) is 19.3. The third-order valence-corrected chi connectivity index (χ3v) is 7.29. The van der Waals surface area contributed by atoms with Crippen LogP contribution in [0, 0.1) is 11.3 Å². The van der Waals surface area contributed by atoms with Crippen molar-refractivity contribution in [2.75, 3.05) is 5.32 Å². The zero-order chi connectivity index (χ0) is 24.7. The zero-order valence-electron chi connectivity index (χ0n) is 19.7. The zero-order valence-corrected chi connectivity index (χ0v) is 20.6. The van der Waals surface area contributed by atoms with Crippen LogP contribution in [0.15, 0.2) is 83.9 Å². The molecule has 4 aromatic rings. The summed E-state index contributed by atoms with van der Waals surface area (Å²) in [6, 6.07) is 26.8. The largest absolute Gasteiger partial charge is 0.489 e. The number of nitriles is 1. The summed E-state index contributed by atoms with van der Waals surface area (Å²) < 4.78 is 5.95. The molecule has 0 spiro atoms. The van der Waals surface area contributed by atoms with Crippen LogP contribution in [-0.2, 0) is 19.4 Å². The van der Waals surface area contributed by atoms with Crippen LogP contribution in [0.5, 0.6) is 5.75 Å². The Morgan fingerprint density at radius 1 is 1.03 bits per heavy atom. The molecule has 0 radical (unpaired) electrons. The van der Waals surface area contributed by atoms with Crippen molar-refractivity contribution in [2.24, 2.45) is 4.99 Å². The van der Waals surface area contributed by atoms with Gasteiger partial charge >= 0.3 is 0 Å². The molecule has 1 N–H and O–H groups in total. The number of anilines is 1. The lowest BCUT2D eigenvalue weighted by molar-refractivity contribution is 0.102. The molecule has 178 valence electrons. The lowest BCUT2D eigenvalue weighted by Crippen LogP contribution is -2.14. The van der Waals surface area contributed by atoms with Crippen molar-refractivity contribution in [3.8, 4) is 11.8 Å². The number of hydrogen-bond donors (Lipinski definition) is 1. The second-order valence-corrected chi connectivity index (χ2v) is 9.72. The summed E-state index contributed by atoms with van der Waals surface area (Å²) in [5, 5.41) is 12.7. The van der Waals surface area contributed by atoms with E-state index >= 15 is 0 Å². The first-order valence-corrected chi connectivity index (χ1v) is 12.8. The fraction of sp³-hybridized carbons (Fsp3) is 0.167. The van der Waals surface area contributed by atoms with E-state index in [0.29, 0.717) is 17.7 Å². The lowest BCUT2D eigenvalue weighted by Gasteiger charge is -2.12. The van der Waals surface area contributed by atoms with Crippen LogP contribution in [0.25, 0.3) is 0 Å². The molecule has 0 saturated carbocycles. The smallest absolute Gasteiger partial charge is 0.259 e. The number of nitrogens with zero attached hydrogens (tertiary/aromatic N) is 2. The van der Waals surface area contributed by atoms with Crippen LogP contribution in [0.4, 0.5) is 10.7 Å². The van der Waals surface area contributed by atoms with Crippen molar-refractivity contribution in [2.45, 2.75) is 32.3 Å². The number of carbonyl (C=O) groups excluding carboxylic acids is 1. The molecule has 0 saturated heterocycles. The van der Waals surface area contributed by atoms with E-state index in [-0.39, 0.29) is 5.91 Å². The molecule has 0 fully saturated rings. The van der Waals surface area contributed by atoms with Crippen molar-refractivity contribution in [1.82, 2.24) is 0 Å². The van der Waals surface area contributed by atoms with Crippen molar-refractivity contribution in [1.29, 1.82) is 5.26 Å². The topological polar surface area (TPSA) is 74.5 Å². The molecule has 0 aliphatic heterocycles. The molecular weight excluding hydrogens is 466 g/mol. The number of nitrogens with one attached hydrogen (secondary N) is 1. The number of aryl methyl sites for hydroxylation is 1. The lowest BCUT2D eigenvalue weighted by atomic mass is 9.95. The molecule has 0 atom stereocenters. The standard InChI is InChI=1S/C30H25N3O2S/c31-18-21-13-15-22(16-14-21)20-35-25-10-6-7-23(17-25)19-32-30-28(26-11-4-5-12-27(26)36-30)29(34)33-24-8-2-1-3-9-24/h1-3,6-10,13-17,19H,4-5,11-12,20H2,(H,33,34). The van der Waals surface area contributed by atoms with E-state index < -0.39 is 0 Å². The number of benzene rings is 3. The normalized spacial score (nSPS) is 12.6. The van der Waals surface area contributed by atoms with E-state index in [9.17, 15) is 4.79 Å². The van der Waals surface area contributed by atoms with E-state index in [4.69, 9.17) is 15.0 Å². The monoisotopic (exact) mass is 491 g/mol. The van der Waals surface area contributed by atoms with Gasteiger partial charge in [-0.05, 0) is 78.8 Å². The van der Waals surface area contributed by atoms with Gasteiger partial charge in [0.2, 0.25) is 0 Å². The van der Waals surface area contributed by atoms with E-state index in [1.807, 2.05) is 66.7 Å². The fourth-order valence-corrected chi connectivity index (χ4v) is 5.48. The van der Waals surface area contributed by atoms with Crippen LogP contribution < -0.4 is 10.1 Å². The quantitative estimate of drug-likeness (QED) is 0.281. The minimum Gasteiger partial charge on any atom is -0.489 e. The van der Waals surface area contributed by atoms with E-state index in [1.54, 1.807) is 29.7 Å². The number of hydrogen-bond acceptors (Lipinski definition) is 5. The molecule has 5 rings (SSSR count). The highest BCUT2D eigenvalue weighted by molar-refractivity contribution is 7.16. The Hall–Kier alpha value is -4.21. The first-order valence-electron chi connectivity index (χ1n) is 12.0. The molecule has 0 bridgehead atoms. The summed E-state index contributed by atoms with van der Waals surface area (Å²) in [6.45, 7) is 0.410. The van der Waals surface area contributed by atoms with Crippen molar-refractivity contribution >= 4 is 34.1 Å². The number of amides is 1. The number of fused-ring (bicyclic) bond motifs is 1. The number of aliphatic imine (C=N–C) groups is 1. The van der Waals surface area contributed by atoms with Gasteiger partial charge in [0.25, 0.3) is 5.91 Å². The fourth-order valence-electron chi connectivity index (χ4n) is 4.25. The first kappa shape index (κ1) is 23.5. The third kappa shape index (κ3) is 5.54. The SMILES string of the molecule is N#Cc1ccc(COc2cccc(C=Nc3sc4c(c3C(=O)Nc3ccccc3)CCCC4)c2)cc1. The van der Waals surface area contributed by atoms with Crippen LogP contribution in [0.2, 0.25) is 0 Å². The second kappa shape index (κ2) is 11.0. The predicted molar refractivity (Wildman–Crippen MR) is 145 cm³/mol. The minimum absolute atomic E-state index is 0.104. The Balaban J connectivity index is 1.34. The molecule has 6 heteroatoms.